The fourth-order valence-electron chi connectivity index (χ4n) is 1.13. The first-order valence-electron chi connectivity index (χ1n) is 4.67. The number of rotatable bonds is 3. The maximum Gasteiger partial charge on any atom is 0.259 e. The zero-order chi connectivity index (χ0) is 12.3. The molecule has 2 heterocycles. The Morgan fingerprint density at radius 3 is 2.71 bits per heavy atom. The second-order valence-corrected chi connectivity index (χ2v) is 3.86. The van der Waals surface area contributed by atoms with Crippen molar-refractivity contribution in [2.24, 2.45) is 0 Å². The van der Waals surface area contributed by atoms with Crippen molar-refractivity contribution in [1.82, 2.24) is 15.0 Å². The molecule has 88 valence electrons. The molecule has 2 aromatic heterocycles. The highest BCUT2D eigenvalue weighted by atomic mass is 35.5. The third-order valence-electron chi connectivity index (χ3n) is 1.91. The summed E-state index contributed by atoms with van der Waals surface area (Å²) in [6.45, 7) is 0.282. The van der Waals surface area contributed by atoms with Gasteiger partial charge < -0.3 is 10.5 Å². The Hall–Kier alpha value is -1.59. The van der Waals surface area contributed by atoms with Gasteiger partial charge in [-0.25, -0.2) is 4.98 Å². The quantitative estimate of drug-likeness (QED) is 0.927. The Balaban J connectivity index is 2.12. The third-order valence-corrected chi connectivity index (χ3v) is 2.53. The van der Waals surface area contributed by atoms with Gasteiger partial charge in [0.05, 0.1) is 0 Å². The van der Waals surface area contributed by atoms with Crippen molar-refractivity contribution in [2.75, 3.05) is 5.73 Å². The summed E-state index contributed by atoms with van der Waals surface area (Å²) in [6.07, 6.45) is 3.36. The standard InChI is InChI=1S/C10H8Cl2N4O/c11-7-8(12)16-10(9(13)15-7)17-5-6-2-1-3-14-4-6/h1-4H,5H2,(H2,13,15). The molecule has 0 radical (unpaired) electrons. The number of halogens is 2. The topological polar surface area (TPSA) is 73.9 Å². The summed E-state index contributed by atoms with van der Waals surface area (Å²) in [7, 11) is 0. The second kappa shape index (κ2) is 5.16. The maximum atomic E-state index is 5.71. The van der Waals surface area contributed by atoms with E-state index in [0.717, 1.165) is 5.56 Å². The minimum absolute atomic E-state index is 0.0536. The third kappa shape index (κ3) is 2.95. The van der Waals surface area contributed by atoms with Crippen LogP contribution in [0.2, 0.25) is 10.3 Å². The Morgan fingerprint density at radius 2 is 2.00 bits per heavy atom. The molecular weight excluding hydrogens is 263 g/mol. The lowest BCUT2D eigenvalue weighted by Crippen LogP contribution is -2.03. The molecule has 2 N–H and O–H groups in total. The van der Waals surface area contributed by atoms with Crippen LogP contribution in [0.4, 0.5) is 5.82 Å². The molecule has 17 heavy (non-hydrogen) atoms. The number of anilines is 1. The van der Waals surface area contributed by atoms with Crippen molar-refractivity contribution in [3.8, 4) is 5.88 Å². The number of aromatic nitrogens is 3. The van der Waals surface area contributed by atoms with Gasteiger partial charge in [-0.1, -0.05) is 29.3 Å². The zero-order valence-corrected chi connectivity index (χ0v) is 10.1. The lowest BCUT2D eigenvalue weighted by Gasteiger charge is -2.07. The number of nitrogen functional groups attached to an aromatic ring is 1. The molecular formula is C10H8Cl2N4O. The van der Waals surface area contributed by atoms with Crippen molar-refractivity contribution < 1.29 is 4.74 Å². The van der Waals surface area contributed by atoms with Gasteiger partial charge in [0.2, 0.25) is 0 Å². The van der Waals surface area contributed by atoms with Crippen molar-refractivity contribution in [3.05, 3.63) is 40.4 Å². The number of ether oxygens (including phenoxy) is 1. The summed E-state index contributed by atoms with van der Waals surface area (Å²) in [5, 5.41) is 0.111. The van der Waals surface area contributed by atoms with Gasteiger partial charge >= 0.3 is 0 Å². The van der Waals surface area contributed by atoms with E-state index in [2.05, 4.69) is 15.0 Å². The number of hydrogen-bond donors (Lipinski definition) is 1. The number of pyridine rings is 1. The molecule has 0 aliphatic rings. The van der Waals surface area contributed by atoms with Crippen LogP contribution < -0.4 is 10.5 Å². The van der Waals surface area contributed by atoms with Crippen LogP contribution in [0.25, 0.3) is 0 Å². The average molecular weight is 271 g/mol. The molecule has 0 bridgehead atoms. The van der Waals surface area contributed by atoms with Crippen molar-refractivity contribution in [3.63, 3.8) is 0 Å². The van der Waals surface area contributed by atoms with Gasteiger partial charge in [0.15, 0.2) is 16.1 Å². The normalized spacial score (nSPS) is 10.2. The summed E-state index contributed by atoms with van der Waals surface area (Å²) < 4.78 is 5.38. The molecule has 0 saturated heterocycles. The van der Waals surface area contributed by atoms with Crippen LogP contribution >= 0.6 is 23.2 Å². The molecule has 0 aliphatic carbocycles. The Morgan fingerprint density at radius 1 is 1.24 bits per heavy atom. The predicted molar refractivity (Wildman–Crippen MR) is 65.0 cm³/mol. The first-order valence-corrected chi connectivity index (χ1v) is 5.42. The molecule has 0 fully saturated rings. The first kappa shape index (κ1) is 11.9. The summed E-state index contributed by atoms with van der Waals surface area (Å²) in [5.74, 6) is 0.256. The van der Waals surface area contributed by atoms with E-state index in [4.69, 9.17) is 33.7 Å². The van der Waals surface area contributed by atoms with E-state index in [1.54, 1.807) is 12.4 Å². The molecule has 0 amide bonds. The van der Waals surface area contributed by atoms with Gasteiger partial charge in [-0.3, -0.25) is 4.98 Å². The molecule has 0 aliphatic heterocycles. The molecule has 0 aromatic carbocycles. The average Bonchev–Trinajstić information content (AvgIpc) is 2.33. The Bertz CT molecular complexity index is 521. The number of nitrogens with two attached hydrogens (primary N) is 1. The van der Waals surface area contributed by atoms with Gasteiger partial charge in [0.1, 0.15) is 6.61 Å². The fourth-order valence-corrected chi connectivity index (χ4v) is 1.39. The summed E-state index contributed by atoms with van der Waals surface area (Å²) in [5.41, 5.74) is 6.49. The first-order chi connectivity index (χ1) is 8.16. The molecule has 0 atom stereocenters. The van der Waals surface area contributed by atoms with Gasteiger partial charge in [-0.05, 0) is 6.07 Å². The fraction of sp³-hybridized carbons (Fsp3) is 0.100. The Kier molecular flexibility index (Phi) is 3.61. The summed E-state index contributed by atoms with van der Waals surface area (Å²) in [6, 6.07) is 3.68. The van der Waals surface area contributed by atoms with Crippen LogP contribution in [0.3, 0.4) is 0 Å². The SMILES string of the molecule is Nc1nc(Cl)c(Cl)nc1OCc1cccnc1. The largest absolute Gasteiger partial charge is 0.470 e. The van der Waals surface area contributed by atoms with Crippen molar-refractivity contribution in [1.29, 1.82) is 0 Å². The summed E-state index contributed by atoms with van der Waals surface area (Å²) >= 11 is 11.4. The van der Waals surface area contributed by atoms with Crippen LogP contribution in [0, 0.1) is 0 Å². The second-order valence-electron chi connectivity index (χ2n) is 3.15. The predicted octanol–water partition coefficient (Wildman–Crippen LogP) is 2.34. The highest BCUT2D eigenvalue weighted by Crippen LogP contribution is 2.25. The smallest absolute Gasteiger partial charge is 0.259 e. The molecule has 2 rings (SSSR count). The van der Waals surface area contributed by atoms with Crippen LogP contribution in [0.1, 0.15) is 5.56 Å². The van der Waals surface area contributed by atoms with Gasteiger partial charge in [-0.2, -0.15) is 4.98 Å². The lowest BCUT2D eigenvalue weighted by atomic mass is 10.3. The van der Waals surface area contributed by atoms with Gasteiger partial charge in [-0.15, -0.1) is 0 Å². The van der Waals surface area contributed by atoms with E-state index in [1.165, 1.54) is 0 Å². The van der Waals surface area contributed by atoms with E-state index < -0.39 is 0 Å². The minimum Gasteiger partial charge on any atom is -0.470 e. The van der Waals surface area contributed by atoms with Gasteiger partial charge in [0.25, 0.3) is 5.88 Å². The van der Waals surface area contributed by atoms with Crippen molar-refractivity contribution in [2.45, 2.75) is 6.61 Å². The molecule has 7 heteroatoms. The van der Waals surface area contributed by atoms with Crippen LogP contribution in [-0.4, -0.2) is 15.0 Å². The Labute approximate surface area is 108 Å². The molecule has 5 nitrogen and oxygen atoms in total. The lowest BCUT2D eigenvalue weighted by molar-refractivity contribution is 0.294. The molecule has 0 unspecified atom stereocenters. The van der Waals surface area contributed by atoms with Crippen molar-refractivity contribution >= 4 is 29.0 Å². The van der Waals surface area contributed by atoms with E-state index in [1.807, 2.05) is 12.1 Å². The monoisotopic (exact) mass is 270 g/mol. The molecule has 0 spiro atoms. The van der Waals surface area contributed by atoms with Crippen LogP contribution in [0.5, 0.6) is 5.88 Å². The van der Waals surface area contributed by atoms with E-state index in [9.17, 15) is 0 Å². The number of hydrogen-bond acceptors (Lipinski definition) is 5. The summed E-state index contributed by atoms with van der Waals surface area (Å²) in [4.78, 5) is 11.6. The van der Waals surface area contributed by atoms with E-state index in [-0.39, 0.29) is 28.6 Å². The van der Waals surface area contributed by atoms with Crippen LogP contribution in [0.15, 0.2) is 24.5 Å². The van der Waals surface area contributed by atoms with E-state index in [0.29, 0.717) is 0 Å². The highest BCUT2D eigenvalue weighted by Gasteiger charge is 2.09. The molecule has 0 saturated carbocycles. The van der Waals surface area contributed by atoms with Crippen LogP contribution in [-0.2, 0) is 6.61 Å². The highest BCUT2D eigenvalue weighted by molar-refractivity contribution is 6.40. The van der Waals surface area contributed by atoms with E-state index >= 15 is 0 Å². The number of nitrogens with zero attached hydrogens (tertiary/aromatic N) is 3. The maximum absolute atomic E-state index is 5.71. The molecule has 2 aromatic rings. The zero-order valence-electron chi connectivity index (χ0n) is 8.60. The minimum atomic E-state index is 0.0536. The van der Waals surface area contributed by atoms with Gasteiger partial charge in [0, 0.05) is 18.0 Å².